The number of anilines is 1. The van der Waals surface area contributed by atoms with Crippen LogP contribution in [0.25, 0.3) is 0 Å². The van der Waals surface area contributed by atoms with E-state index in [9.17, 15) is 22.8 Å². The standard InChI is InChI=1S/C17H17Cl2N3O6S2/c1-8(22-30(26,27)10-3-4-12(18)13(19)7-10)17(25)28-9(2)15(24)21-16-11(14(20)23)5-6-29-16/h3-9,22H,1-2H3,(H2,20,23)(H,21,24)/t8-,9-/m0/s1. The summed E-state index contributed by atoms with van der Waals surface area (Å²) in [7, 11) is -4.10. The lowest BCUT2D eigenvalue weighted by Crippen LogP contribution is -2.42. The molecule has 2 atom stereocenters. The second-order valence-electron chi connectivity index (χ2n) is 6.01. The number of carbonyl (C=O) groups is 3. The summed E-state index contributed by atoms with van der Waals surface area (Å²) >= 11 is 12.7. The molecule has 13 heteroatoms. The lowest BCUT2D eigenvalue weighted by atomic mass is 10.3. The third-order valence-corrected chi connectivity index (χ3v) is 6.82. The molecule has 0 aliphatic carbocycles. The van der Waals surface area contributed by atoms with Crippen molar-refractivity contribution in [3.63, 3.8) is 0 Å². The molecule has 9 nitrogen and oxygen atoms in total. The number of benzene rings is 1. The van der Waals surface area contributed by atoms with Crippen LogP contribution in [0.3, 0.4) is 0 Å². The van der Waals surface area contributed by atoms with Crippen molar-refractivity contribution in [2.45, 2.75) is 30.9 Å². The van der Waals surface area contributed by atoms with Gasteiger partial charge in [0.1, 0.15) is 11.0 Å². The number of ether oxygens (including phenoxy) is 1. The van der Waals surface area contributed by atoms with Crippen molar-refractivity contribution < 1.29 is 27.5 Å². The third-order valence-electron chi connectivity index (χ3n) is 3.72. The zero-order valence-electron chi connectivity index (χ0n) is 15.6. The van der Waals surface area contributed by atoms with Crippen molar-refractivity contribution >= 4 is 67.3 Å². The van der Waals surface area contributed by atoms with E-state index in [-0.39, 0.29) is 25.5 Å². The van der Waals surface area contributed by atoms with Gasteiger partial charge in [0, 0.05) is 0 Å². The Kier molecular flexibility index (Phi) is 7.83. The summed E-state index contributed by atoms with van der Waals surface area (Å²) in [5, 5.41) is 4.42. The minimum absolute atomic E-state index is 0.0315. The second kappa shape index (κ2) is 9.75. The monoisotopic (exact) mass is 493 g/mol. The molecule has 162 valence electrons. The minimum Gasteiger partial charge on any atom is -0.451 e. The Balaban J connectivity index is 2.00. The second-order valence-corrected chi connectivity index (χ2v) is 9.46. The number of hydrogen-bond acceptors (Lipinski definition) is 7. The minimum atomic E-state index is -4.10. The summed E-state index contributed by atoms with van der Waals surface area (Å²) in [5.41, 5.74) is 5.33. The first-order valence-corrected chi connectivity index (χ1v) is 11.4. The molecule has 1 aromatic heterocycles. The first-order chi connectivity index (χ1) is 13.9. The van der Waals surface area contributed by atoms with Crippen LogP contribution in [0.15, 0.2) is 34.5 Å². The first-order valence-electron chi connectivity index (χ1n) is 8.28. The molecule has 4 N–H and O–H groups in total. The number of carbonyl (C=O) groups excluding carboxylic acids is 3. The van der Waals surface area contributed by atoms with Crippen LogP contribution in [0.2, 0.25) is 10.0 Å². The molecule has 1 aromatic carbocycles. The fraction of sp³-hybridized carbons (Fsp3) is 0.235. The van der Waals surface area contributed by atoms with Gasteiger partial charge in [0.05, 0.1) is 20.5 Å². The maximum absolute atomic E-state index is 12.4. The number of halogens is 2. The third kappa shape index (κ3) is 5.92. The predicted octanol–water partition coefficient (Wildman–Crippen LogP) is 2.39. The fourth-order valence-corrected chi connectivity index (χ4v) is 4.51. The molecule has 2 aromatic rings. The molecule has 0 unspecified atom stereocenters. The smallest absolute Gasteiger partial charge is 0.324 e. The zero-order chi connectivity index (χ0) is 22.6. The first kappa shape index (κ1) is 24.1. The Morgan fingerprint density at radius 2 is 1.80 bits per heavy atom. The van der Waals surface area contributed by atoms with Gasteiger partial charge in [-0.05, 0) is 43.5 Å². The van der Waals surface area contributed by atoms with Gasteiger partial charge in [-0.15, -0.1) is 11.3 Å². The van der Waals surface area contributed by atoms with Crippen molar-refractivity contribution in [3.8, 4) is 0 Å². The average Bonchev–Trinajstić information content (AvgIpc) is 3.11. The number of rotatable bonds is 8. The highest BCUT2D eigenvalue weighted by Crippen LogP contribution is 2.25. The molecule has 2 rings (SSSR count). The number of sulfonamides is 1. The number of nitrogens with one attached hydrogen (secondary N) is 2. The number of thiophene rings is 1. The molecule has 1 heterocycles. The number of nitrogens with two attached hydrogens (primary N) is 1. The summed E-state index contributed by atoms with van der Waals surface area (Å²) in [6.45, 7) is 2.55. The van der Waals surface area contributed by atoms with E-state index in [4.69, 9.17) is 33.7 Å². The van der Waals surface area contributed by atoms with Crippen LogP contribution in [0.4, 0.5) is 5.00 Å². The van der Waals surface area contributed by atoms with E-state index < -0.39 is 40.0 Å². The molecule has 0 aliphatic heterocycles. The van der Waals surface area contributed by atoms with Crippen LogP contribution >= 0.6 is 34.5 Å². The van der Waals surface area contributed by atoms with Gasteiger partial charge in [0.2, 0.25) is 10.0 Å². The predicted molar refractivity (Wildman–Crippen MR) is 113 cm³/mol. The molecule has 0 fully saturated rings. The van der Waals surface area contributed by atoms with Crippen molar-refractivity contribution in [1.82, 2.24) is 4.72 Å². The summed E-state index contributed by atoms with van der Waals surface area (Å²) in [5.74, 6) is -2.42. The van der Waals surface area contributed by atoms with Gasteiger partial charge in [-0.3, -0.25) is 14.4 Å². The SMILES string of the molecule is C[C@H](NS(=O)(=O)c1ccc(Cl)c(Cl)c1)C(=O)O[C@@H](C)C(=O)Nc1sccc1C(N)=O. The molecule has 0 bridgehead atoms. The van der Waals surface area contributed by atoms with Gasteiger partial charge in [-0.2, -0.15) is 4.72 Å². The summed E-state index contributed by atoms with van der Waals surface area (Å²) < 4.78 is 32.0. The summed E-state index contributed by atoms with van der Waals surface area (Å²) in [4.78, 5) is 35.5. The Bertz CT molecular complexity index is 1090. The Morgan fingerprint density at radius 1 is 1.13 bits per heavy atom. The molecule has 0 spiro atoms. The lowest BCUT2D eigenvalue weighted by Gasteiger charge is -2.17. The Hall–Kier alpha value is -2.18. The molecule has 0 aliphatic rings. The summed E-state index contributed by atoms with van der Waals surface area (Å²) in [6.07, 6.45) is -1.27. The topological polar surface area (TPSA) is 145 Å². The molecule has 30 heavy (non-hydrogen) atoms. The van der Waals surface area contributed by atoms with Crippen LogP contribution in [0, 0.1) is 0 Å². The van der Waals surface area contributed by atoms with E-state index in [0.29, 0.717) is 0 Å². The van der Waals surface area contributed by atoms with Crippen molar-refractivity contribution in [2.24, 2.45) is 5.73 Å². The van der Waals surface area contributed by atoms with Crippen LogP contribution < -0.4 is 15.8 Å². The van der Waals surface area contributed by atoms with Gasteiger partial charge in [-0.1, -0.05) is 23.2 Å². The van der Waals surface area contributed by atoms with Crippen LogP contribution in [0.5, 0.6) is 0 Å². The number of esters is 1. The van der Waals surface area contributed by atoms with Crippen LogP contribution in [0.1, 0.15) is 24.2 Å². The van der Waals surface area contributed by atoms with Gasteiger partial charge >= 0.3 is 5.97 Å². The number of amides is 2. The molecular weight excluding hydrogens is 477 g/mol. The summed E-state index contributed by atoms with van der Waals surface area (Å²) in [6, 6.07) is 3.81. The van der Waals surface area contributed by atoms with E-state index in [1.807, 2.05) is 0 Å². The van der Waals surface area contributed by atoms with Crippen LogP contribution in [-0.4, -0.2) is 38.3 Å². The molecular formula is C17H17Cl2N3O6S2. The maximum atomic E-state index is 12.4. The Labute approximate surface area is 186 Å². The highest BCUT2D eigenvalue weighted by atomic mass is 35.5. The van der Waals surface area contributed by atoms with E-state index in [2.05, 4.69) is 10.0 Å². The van der Waals surface area contributed by atoms with Crippen molar-refractivity contribution in [3.05, 3.63) is 45.3 Å². The lowest BCUT2D eigenvalue weighted by molar-refractivity contribution is -0.154. The van der Waals surface area contributed by atoms with E-state index in [0.717, 1.165) is 17.4 Å². The van der Waals surface area contributed by atoms with E-state index in [1.54, 1.807) is 5.38 Å². The normalized spacial score (nSPS) is 13.3. The van der Waals surface area contributed by atoms with E-state index in [1.165, 1.54) is 32.0 Å². The van der Waals surface area contributed by atoms with E-state index >= 15 is 0 Å². The van der Waals surface area contributed by atoms with Crippen molar-refractivity contribution in [2.75, 3.05) is 5.32 Å². The molecule has 2 amide bonds. The fourth-order valence-electron chi connectivity index (χ4n) is 2.14. The van der Waals surface area contributed by atoms with Gasteiger partial charge in [0.25, 0.3) is 11.8 Å². The van der Waals surface area contributed by atoms with Gasteiger partial charge < -0.3 is 15.8 Å². The number of primary amides is 1. The maximum Gasteiger partial charge on any atom is 0.324 e. The highest BCUT2D eigenvalue weighted by Gasteiger charge is 2.27. The number of hydrogen-bond donors (Lipinski definition) is 3. The average molecular weight is 494 g/mol. The van der Waals surface area contributed by atoms with Gasteiger partial charge in [0.15, 0.2) is 6.10 Å². The molecule has 0 radical (unpaired) electrons. The quantitative estimate of drug-likeness (QED) is 0.481. The largest absolute Gasteiger partial charge is 0.451 e. The van der Waals surface area contributed by atoms with Gasteiger partial charge in [-0.25, -0.2) is 8.42 Å². The Morgan fingerprint density at radius 3 is 2.40 bits per heavy atom. The highest BCUT2D eigenvalue weighted by molar-refractivity contribution is 7.89. The van der Waals surface area contributed by atoms with Crippen LogP contribution in [-0.2, 0) is 24.3 Å². The molecule has 0 saturated heterocycles. The van der Waals surface area contributed by atoms with Crippen molar-refractivity contribution in [1.29, 1.82) is 0 Å². The zero-order valence-corrected chi connectivity index (χ0v) is 18.8. The molecule has 0 saturated carbocycles.